The Morgan fingerprint density at radius 3 is 2.60 bits per heavy atom. The molecule has 20 heavy (non-hydrogen) atoms. The van der Waals surface area contributed by atoms with Gasteiger partial charge in [0.25, 0.3) is 5.91 Å². The van der Waals surface area contributed by atoms with E-state index in [9.17, 15) is 23.7 Å². The molecule has 0 heterocycles. The molecule has 1 N–H and O–H groups in total. The number of halogens is 3. The van der Waals surface area contributed by atoms with Crippen LogP contribution in [0, 0.1) is 21.7 Å². The summed E-state index contributed by atoms with van der Waals surface area (Å²) < 4.78 is 27.1. The second-order valence-corrected chi connectivity index (χ2v) is 4.40. The van der Waals surface area contributed by atoms with Crippen molar-refractivity contribution in [1.29, 1.82) is 0 Å². The third-order valence-corrected chi connectivity index (χ3v) is 2.86. The van der Waals surface area contributed by atoms with E-state index in [0.717, 1.165) is 12.8 Å². The van der Waals surface area contributed by atoms with E-state index in [-0.39, 0.29) is 6.54 Å². The van der Waals surface area contributed by atoms with Gasteiger partial charge in [0.15, 0.2) is 0 Å². The normalized spacial score (nSPS) is 10.3. The Morgan fingerprint density at radius 1 is 1.30 bits per heavy atom. The fourth-order valence-corrected chi connectivity index (χ4v) is 1.77. The number of nitrogens with zero attached hydrogens (tertiary/aromatic N) is 1. The van der Waals surface area contributed by atoms with Gasteiger partial charge in [0.05, 0.1) is 4.92 Å². The molecule has 8 heteroatoms. The van der Waals surface area contributed by atoms with Crippen LogP contribution in [0.3, 0.4) is 0 Å². The molecule has 0 bridgehead atoms. The molecule has 0 saturated heterocycles. The van der Waals surface area contributed by atoms with Crippen molar-refractivity contribution in [3.8, 4) is 0 Å². The first-order chi connectivity index (χ1) is 9.49. The van der Waals surface area contributed by atoms with Gasteiger partial charge in [0, 0.05) is 18.5 Å². The minimum Gasteiger partial charge on any atom is -0.352 e. The summed E-state index contributed by atoms with van der Waals surface area (Å²) in [6, 6.07) is 1.38. The second kappa shape index (κ2) is 7.74. The SMILES string of the molecule is O=C(NCCCCCCl)c1c(F)ccc([N+](=O)[O-])c1F. The monoisotopic (exact) mass is 306 g/mol. The highest BCUT2D eigenvalue weighted by Crippen LogP contribution is 2.22. The Bertz CT molecular complexity index is 512. The van der Waals surface area contributed by atoms with Crippen molar-refractivity contribution in [2.75, 3.05) is 12.4 Å². The molecule has 0 radical (unpaired) electrons. The highest BCUT2D eigenvalue weighted by molar-refractivity contribution is 6.17. The number of benzene rings is 1. The van der Waals surface area contributed by atoms with Crippen LogP contribution in [0.15, 0.2) is 12.1 Å². The molecule has 0 aromatic heterocycles. The first-order valence-corrected chi connectivity index (χ1v) is 6.49. The van der Waals surface area contributed by atoms with Crippen molar-refractivity contribution in [2.24, 2.45) is 0 Å². The molecule has 0 aliphatic heterocycles. The van der Waals surface area contributed by atoms with Crippen LogP contribution in [-0.4, -0.2) is 23.3 Å². The maximum atomic E-state index is 13.7. The Balaban J connectivity index is 2.77. The number of hydrogen-bond donors (Lipinski definition) is 1. The first kappa shape index (κ1) is 16.3. The third kappa shape index (κ3) is 4.12. The third-order valence-electron chi connectivity index (χ3n) is 2.59. The number of hydrogen-bond acceptors (Lipinski definition) is 3. The van der Waals surface area contributed by atoms with Crippen molar-refractivity contribution in [2.45, 2.75) is 19.3 Å². The highest BCUT2D eigenvalue weighted by atomic mass is 35.5. The molecule has 0 saturated carbocycles. The minimum absolute atomic E-state index is 0.220. The molecular formula is C12H13ClF2N2O3. The van der Waals surface area contributed by atoms with Crippen LogP contribution < -0.4 is 5.32 Å². The number of nitro groups is 1. The van der Waals surface area contributed by atoms with Gasteiger partial charge in [-0.15, -0.1) is 11.6 Å². The van der Waals surface area contributed by atoms with Crippen molar-refractivity contribution in [3.63, 3.8) is 0 Å². The van der Waals surface area contributed by atoms with Crippen LogP contribution in [-0.2, 0) is 0 Å². The van der Waals surface area contributed by atoms with Crippen molar-refractivity contribution >= 4 is 23.2 Å². The lowest BCUT2D eigenvalue weighted by molar-refractivity contribution is -0.387. The largest absolute Gasteiger partial charge is 0.352 e. The summed E-state index contributed by atoms with van der Waals surface area (Å²) in [6.45, 7) is 0.220. The average Bonchev–Trinajstić information content (AvgIpc) is 2.38. The summed E-state index contributed by atoms with van der Waals surface area (Å²) in [5.41, 5.74) is -1.87. The lowest BCUT2D eigenvalue weighted by Gasteiger charge is -2.07. The zero-order valence-electron chi connectivity index (χ0n) is 10.5. The summed E-state index contributed by atoms with van der Waals surface area (Å²) in [5, 5.41) is 12.9. The van der Waals surface area contributed by atoms with E-state index < -0.39 is 33.7 Å². The smallest absolute Gasteiger partial charge is 0.305 e. The standard InChI is InChI=1S/C12H13ClF2N2O3/c13-6-2-1-3-7-16-12(18)10-8(14)4-5-9(11(10)15)17(19)20/h4-5H,1-3,6-7H2,(H,16,18). The van der Waals surface area contributed by atoms with Gasteiger partial charge in [-0.1, -0.05) is 6.42 Å². The Kier molecular flexibility index (Phi) is 6.30. The first-order valence-electron chi connectivity index (χ1n) is 5.95. The molecule has 0 fully saturated rings. The zero-order chi connectivity index (χ0) is 15.1. The summed E-state index contributed by atoms with van der Waals surface area (Å²) in [6.07, 6.45) is 2.15. The van der Waals surface area contributed by atoms with Gasteiger partial charge in [0.2, 0.25) is 5.82 Å². The Labute approximate surface area is 119 Å². The lowest BCUT2D eigenvalue weighted by Crippen LogP contribution is -2.26. The molecule has 1 aromatic carbocycles. The van der Waals surface area contributed by atoms with Crippen molar-refractivity contribution < 1.29 is 18.5 Å². The maximum Gasteiger partial charge on any atom is 0.305 e. The van der Waals surface area contributed by atoms with Gasteiger partial charge in [-0.25, -0.2) is 4.39 Å². The van der Waals surface area contributed by atoms with Crippen LogP contribution in [0.25, 0.3) is 0 Å². The van der Waals surface area contributed by atoms with E-state index in [1.54, 1.807) is 0 Å². The highest BCUT2D eigenvalue weighted by Gasteiger charge is 2.25. The fraction of sp³-hybridized carbons (Fsp3) is 0.417. The van der Waals surface area contributed by atoms with E-state index in [0.29, 0.717) is 24.4 Å². The van der Waals surface area contributed by atoms with Gasteiger partial charge in [0.1, 0.15) is 11.4 Å². The summed E-state index contributed by atoms with van der Waals surface area (Å²) >= 11 is 5.48. The van der Waals surface area contributed by atoms with E-state index >= 15 is 0 Å². The van der Waals surface area contributed by atoms with Crippen LogP contribution in [0.1, 0.15) is 29.6 Å². The van der Waals surface area contributed by atoms with Gasteiger partial charge in [-0.05, 0) is 18.9 Å². The van der Waals surface area contributed by atoms with E-state index in [2.05, 4.69) is 5.32 Å². The van der Waals surface area contributed by atoms with E-state index in [1.165, 1.54) is 0 Å². The number of carbonyl (C=O) groups is 1. The number of rotatable bonds is 7. The van der Waals surface area contributed by atoms with Crippen molar-refractivity contribution in [1.82, 2.24) is 5.32 Å². The number of unbranched alkanes of at least 4 members (excludes halogenated alkanes) is 2. The molecular weight excluding hydrogens is 294 g/mol. The van der Waals surface area contributed by atoms with Gasteiger partial charge < -0.3 is 5.32 Å². The Hall–Kier alpha value is -1.76. The van der Waals surface area contributed by atoms with E-state index in [4.69, 9.17) is 11.6 Å². The Morgan fingerprint density at radius 2 is 2.00 bits per heavy atom. The van der Waals surface area contributed by atoms with Crippen LogP contribution in [0.4, 0.5) is 14.5 Å². The summed E-state index contributed by atoms with van der Waals surface area (Å²) in [5.74, 6) is -3.10. The molecule has 0 aliphatic carbocycles. The predicted molar refractivity (Wildman–Crippen MR) is 69.9 cm³/mol. The van der Waals surface area contributed by atoms with Gasteiger partial charge in [-0.3, -0.25) is 14.9 Å². The maximum absolute atomic E-state index is 13.7. The lowest BCUT2D eigenvalue weighted by atomic mass is 10.1. The topological polar surface area (TPSA) is 72.2 Å². The van der Waals surface area contributed by atoms with Gasteiger partial charge >= 0.3 is 5.69 Å². The molecule has 1 aromatic rings. The summed E-state index contributed by atoms with van der Waals surface area (Å²) in [7, 11) is 0. The quantitative estimate of drug-likeness (QED) is 0.364. The number of carbonyl (C=O) groups excluding carboxylic acids is 1. The molecule has 0 atom stereocenters. The number of alkyl halides is 1. The zero-order valence-corrected chi connectivity index (χ0v) is 11.3. The predicted octanol–water partition coefficient (Wildman–Crippen LogP) is 3.01. The van der Waals surface area contributed by atoms with Crippen molar-refractivity contribution in [3.05, 3.63) is 39.4 Å². The van der Waals surface area contributed by atoms with Gasteiger partial charge in [-0.2, -0.15) is 4.39 Å². The molecule has 0 unspecified atom stereocenters. The fourth-order valence-electron chi connectivity index (χ4n) is 1.58. The molecule has 110 valence electrons. The molecule has 1 rings (SSSR count). The van der Waals surface area contributed by atoms with Crippen LogP contribution in [0.5, 0.6) is 0 Å². The van der Waals surface area contributed by atoms with E-state index in [1.807, 2.05) is 0 Å². The number of nitro benzene ring substituents is 1. The van der Waals surface area contributed by atoms with Crippen LogP contribution >= 0.6 is 11.6 Å². The number of nitrogens with one attached hydrogen (secondary N) is 1. The van der Waals surface area contributed by atoms with Crippen LogP contribution in [0.2, 0.25) is 0 Å². The minimum atomic E-state index is -1.46. The number of amides is 1. The molecule has 0 aliphatic rings. The average molecular weight is 307 g/mol. The molecule has 1 amide bonds. The second-order valence-electron chi connectivity index (χ2n) is 4.02. The molecule has 5 nitrogen and oxygen atoms in total. The molecule has 0 spiro atoms. The summed E-state index contributed by atoms with van der Waals surface area (Å²) in [4.78, 5) is 21.2.